The topological polar surface area (TPSA) is 92.8 Å². The van der Waals surface area contributed by atoms with E-state index in [0.29, 0.717) is 19.1 Å². The molecule has 0 aliphatic heterocycles. The average molecular weight is 461 g/mol. The van der Waals surface area contributed by atoms with Gasteiger partial charge in [-0.3, -0.25) is 9.69 Å². The van der Waals surface area contributed by atoms with E-state index in [-0.39, 0.29) is 11.6 Å². The largest absolute Gasteiger partial charge is 0.468 e. The molecular weight excluding hydrogens is 428 g/mol. The van der Waals surface area contributed by atoms with Crippen molar-refractivity contribution in [2.24, 2.45) is 0 Å². The molecule has 0 bridgehead atoms. The number of nitrogens with zero attached hydrogens (tertiary/aromatic N) is 5. The maximum Gasteiger partial charge on any atom is 0.252 e. The molecule has 5 rings (SSSR count). The van der Waals surface area contributed by atoms with Gasteiger partial charge in [-0.25, -0.2) is 4.68 Å². The number of tetrazole rings is 1. The number of nitrogens with one attached hydrogen (secondary N) is 1. The summed E-state index contributed by atoms with van der Waals surface area (Å²) in [6, 6.07) is 12.3. The van der Waals surface area contributed by atoms with Crippen LogP contribution in [0.2, 0.25) is 0 Å². The summed E-state index contributed by atoms with van der Waals surface area (Å²) in [5, 5.41) is 14.0. The Kier molecular flexibility index (Phi) is 6.58. The van der Waals surface area contributed by atoms with Gasteiger partial charge in [-0.1, -0.05) is 38.3 Å². The molecule has 3 heterocycles. The minimum atomic E-state index is -0.0655. The Morgan fingerprint density at radius 3 is 2.79 bits per heavy atom. The van der Waals surface area contributed by atoms with E-state index in [1.807, 2.05) is 35.9 Å². The van der Waals surface area contributed by atoms with Crippen LogP contribution in [0, 0.1) is 6.92 Å². The van der Waals surface area contributed by atoms with E-state index in [0.717, 1.165) is 52.9 Å². The first-order valence-electron chi connectivity index (χ1n) is 12.3. The molecule has 1 unspecified atom stereocenters. The lowest BCUT2D eigenvalue weighted by Crippen LogP contribution is -2.33. The van der Waals surface area contributed by atoms with Crippen LogP contribution in [-0.2, 0) is 13.1 Å². The fraction of sp³-hybridized carbons (Fsp3) is 0.462. The first-order valence-corrected chi connectivity index (χ1v) is 12.3. The normalized spacial score (nSPS) is 15.9. The zero-order valence-electron chi connectivity index (χ0n) is 19.9. The molecule has 178 valence electrons. The smallest absolute Gasteiger partial charge is 0.252 e. The van der Waals surface area contributed by atoms with E-state index in [1.54, 1.807) is 6.26 Å². The third-order valence-corrected chi connectivity index (χ3v) is 6.96. The van der Waals surface area contributed by atoms with E-state index in [1.165, 1.54) is 19.3 Å². The van der Waals surface area contributed by atoms with E-state index in [4.69, 9.17) is 4.42 Å². The lowest BCUT2D eigenvalue weighted by molar-refractivity contribution is 0.144. The number of pyridine rings is 1. The van der Waals surface area contributed by atoms with Crippen molar-refractivity contribution in [1.29, 1.82) is 0 Å². The van der Waals surface area contributed by atoms with Gasteiger partial charge in [-0.2, -0.15) is 0 Å². The van der Waals surface area contributed by atoms with E-state index in [2.05, 4.69) is 44.5 Å². The molecule has 1 aliphatic carbocycles. The molecule has 0 spiro atoms. The number of fused-ring (bicyclic) bond motifs is 1. The van der Waals surface area contributed by atoms with Crippen molar-refractivity contribution in [3.05, 3.63) is 75.7 Å². The first-order chi connectivity index (χ1) is 16.6. The van der Waals surface area contributed by atoms with Gasteiger partial charge < -0.3 is 9.40 Å². The Labute approximate surface area is 199 Å². The summed E-state index contributed by atoms with van der Waals surface area (Å²) in [5.74, 6) is 1.72. The van der Waals surface area contributed by atoms with Crippen LogP contribution in [-0.4, -0.2) is 30.1 Å². The number of aromatic nitrogens is 5. The molecule has 4 aromatic rings. The fourth-order valence-corrected chi connectivity index (χ4v) is 5.18. The van der Waals surface area contributed by atoms with Crippen LogP contribution >= 0.6 is 0 Å². The number of H-pyrrole nitrogens is 1. The Morgan fingerprint density at radius 2 is 2.03 bits per heavy atom. The summed E-state index contributed by atoms with van der Waals surface area (Å²) in [4.78, 5) is 18.4. The predicted octanol–water partition coefficient (Wildman–Crippen LogP) is 5.07. The van der Waals surface area contributed by atoms with Crippen molar-refractivity contribution in [1.82, 2.24) is 30.1 Å². The highest BCUT2D eigenvalue weighted by Gasteiger charge is 2.29. The molecule has 8 heteroatoms. The summed E-state index contributed by atoms with van der Waals surface area (Å²) >= 11 is 0. The molecule has 1 saturated carbocycles. The van der Waals surface area contributed by atoms with Gasteiger partial charge in [0.25, 0.3) is 5.56 Å². The fourth-order valence-electron chi connectivity index (χ4n) is 5.18. The monoisotopic (exact) mass is 460 g/mol. The number of aromatic amines is 1. The molecule has 3 aromatic heterocycles. The molecule has 1 N–H and O–H groups in total. The maximum atomic E-state index is 13.0. The maximum absolute atomic E-state index is 13.0. The molecule has 34 heavy (non-hydrogen) atoms. The molecular formula is C26H32N6O2. The lowest BCUT2D eigenvalue weighted by Gasteiger charge is -2.31. The van der Waals surface area contributed by atoms with Crippen molar-refractivity contribution >= 4 is 10.9 Å². The average Bonchev–Trinajstić information content (AvgIpc) is 3.53. The van der Waals surface area contributed by atoms with Gasteiger partial charge in [0.2, 0.25) is 0 Å². The van der Waals surface area contributed by atoms with Gasteiger partial charge in [0.05, 0.1) is 24.9 Å². The molecule has 1 aliphatic rings. The van der Waals surface area contributed by atoms with Crippen molar-refractivity contribution in [3.63, 3.8) is 0 Å². The van der Waals surface area contributed by atoms with Gasteiger partial charge in [0.15, 0.2) is 5.82 Å². The third kappa shape index (κ3) is 4.68. The van der Waals surface area contributed by atoms with Crippen molar-refractivity contribution < 1.29 is 4.42 Å². The first kappa shape index (κ1) is 22.5. The van der Waals surface area contributed by atoms with Crippen LogP contribution in [0.25, 0.3) is 10.9 Å². The second-order valence-electron chi connectivity index (χ2n) is 9.40. The lowest BCUT2D eigenvalue weighted by atomic mass is 9.95. The summed E-state index contributed by atoms with van der Waals surface area (Å²) in [6.07, 6.45) is 8.42. The van der Waals surface area contributed by atoms with Crippen molar-refractivity contribution in [3.8, 4) is 0 Å². The third-order valence-electron chi connectivity index (χ3n) is 6.96. The van der Waals surface area contributed by atoms with Gasteiger partial charge >= 0.3 is 0 Å². The molecule has 0 radical (unpaired) electrons. The van der Waals surface area contributed by atoms with Crippen LogP contribution in [0.15, 0.2) is 51.9 Å². The summed E-state index contributed by atoms with van der Waals surface area (Å²) in [6.45, 7) is 5.20. The van der Waals surface area contributed by atoms with E-state index >= 15 is 0 Å². The SMILES string of the molecule is CCC(c1nnnn1C1CCCCC1)N(Cc1ccco1)Cc1cc2ccc(C)cc2[nH]c1=O. The second kappa shape index (κ2) is 9.93. The number of benzene rings is 1. The highest BCUT2D eigenvalue weighted by atomic mass is 16.3. The zero-order valence-corrected chi connectivity index (χ0v) is 19.9. The Balaban J connectivity index is 1.50. The number of aryl methyl sites for hydroxylation is 1. The van der Waals surface area contributed by atoms with Crippen LogP contribution in [0.4, 0.5) is 0 Å². The quantitative estimate of drug-likeness (QED) is 0.394. The van der Waals surface area contributed by atoms with Crippen molar-refractivity contribution in [2.45, 2.75) is 77.5 Å². The molecule has 0 amide bonds. The molecule has 8 nitrogen and oxygen atoms in total. The number of furan rings is 1. The minimum Gasteiger partial charge on any atom is -0.468 e. The van der Waals surface area contributed by atoms with Gasteiger partial charge in [0.1, 0.15) is 5.76 Å². The summed E-state index contributed by atoms with van der Waals surface area (Å²) in [7, 11) is 0. The molecule has 1 aromatic carbocycles. The standard InChI is InChI=1S/C26H32N6O2/c1-3-24(25-28-29-30-32(25)21-8-5-4-6-9-21)31(17-22-10-7-13-34-22)16-20-15-19-12-11-18(2)14-23(19)27-26(20)33/h7,10-15,21,24H,3-6,8-9,16-17H2,1-2H3,(H,27,33). The van der Waals surface area contributed by atoms with Crippen LogP contribution in [0.5, 0.6) is 0 Å². The minimum absolute atomic E-state index is 0.0462. The summed E-state index contributed by atoms with van der Waals surface area (Å²) in [5.41, 5.74) is 2.64. The second-order valence-corrected chi connectivity index (χ2v) is 9.40. The Morgan fingerprint density at radius 1 is 1.18 bits per heavy atom. The van der Waals surface area contributed by atoms with E-state index < -0.39 is 0 Å². The molecule has 1 atom stereocenters. The molecule has 0 saturated heterocycles. The predicted molar refractivity (Wildman–Crippen MR) is 130 cm³/mol. The van der Waals surface area contributed by atoms with Crippen LogP contribution in [0.1, 0.15) is 80.2 Å². The summed E-state index contributed by atoms with van der Waals surface area (Å²) < 4.78 is 7.73. The van der Waals surface area contributed by atoms with Gasteiger partial charge in [-0.15, -0.1) is 5.10 Å². The Hall–Kier alpha value is -3.26. The number of rotatable bonds is 8. The van der Waals surface area contributed by atoms with Crippen molar-refractivity contribution in [2.75, 3.05) is 0 Å². The zero-order chi connectivity index (χ0) is 23.5. The van der Waals surface area contributed by atoms with Crippen LogP contribution in [0.3, 0.4) is 0 Å². The highest BCUT2D eigenvalue weighted by molar-refractivity contribution is 5.79. The van der Waals surface area contributed by atoms with Crippen LogP contribution < -0.4 is 5.56 Å². The van der Waals surface area contributed by atoms with Gasteiger partial charge in [-0.05, 0) is 71.8 Å². The number of hydrogen-bond acceptors (Lipinski definition) is 6. The highest BCUT2D eigenvalue weighted by Crippen LogP contribution is 2.32. The number of hydrogen-bond donors (Lipinski definition) is 1. The Bertz CT molecular complexity index is 1290. The van der Waals surface area contributed by atoms with E-state index in [9.17, 15) is 4.79 Å². The van der Waals surface area contributed by atoms with Gasteiger partial charge in [0, 0.05) is 17.6 Å². The molecule has 1 fully saturated rings.